The Labute approximate surface area is 105 Å². The average molecular weight is 341 g/mol. The SMILES string of the molecule is COC(=O)Cc1nc(I)cc(C)c1C(F)F. The van der Waals surface area contributed by atoms with Gasteiger partial charge in [-0.15, -0.1) is 0 Å². The molecule has 0 N–H and O–H groups in total. The molecule has 16 heavy (non-hydrogen) atoms. The van der Waals surface area contributed by atoms with Crippen molar-refractivity contribution in [3.8, 4) is 0 Å². The van der Waals surface area contributed by atoms with Crippen molar-refractivity contribution in [2.75, 3.05) is 7.11 Å². The topological polar surface area (TPSA) is 39.2 Å². The number of alkyl halides is 2. The lowest BCUT2D eigenvalue weighted by molar-refractivity contribution is -0.139. The zero-order valence-corrected chi connectivity index (χ0v) is 10.9. The second-order valence-corrected chi connectivity index (χ2v) is 4.28. The highest BCUT2D eigenvalue weighted by Gasteiger charge is 2.20. The molecular weight excluding hydrogens is 331 g/mol. The number of hydrogen-bond donors (Lipinski definition) is 0. The molecule has 1 aromatic rings. The Kier molecular flexibility index (Phi) is 4.57. The van der Waals surface area contributed by atoms with Crippen molar-refractivity contribution < 1.29 is 18.3 Å². The second kappa shape index (κ2) is 5.51. The third-order valence-corrected chi connectivity index (χ3v) is 2.62. The minimum absolute atomic E-state index is 0.0891. The number of pyridine rings is 1. The molecule has 0 aliphatic heterocycles. The molecule has 1 aromatic heterocycles. The van der Waals surface area contributed by atoms with Crippen LogP contribution in [0.1, 0.15) is 23.2 Å². The summed E-state index contributed by atoms with van der Waals surface area (Å²) >= 11 is 1.92. The number of hydrogen-bond acceptors (Lipinski definition) is 3. The summed E-state index contributed by atoms with van der Waals surface area (Å²) in [6.45, 7) is 1.58. The van der Waals surface area contributed by atoms with E-state index in [1.165, 1.54) is 7.11 Å². The molecule has 3 nitrogen and oxygen atoms in total. The summed E-state index contributed by atoms with van der Waals surface area (Å²) in [4.78, 5) is 15.0. The van der Waals surface area contributed by atoms with Crippen LogP contribution in [0.4, 0.5) is 8.78 Å². The molecule has 1 heterocycles. The quantitative estimate of drug-likeness (QED) is 0.482. The van der Waals surface area contributed by atoms with E-state index in [1.54, 1.807) is 13.0 Å². The summed E-state index contributed by atoms with van der Waals surface area (Å²) in [5, 5.41) is 0. The highest BCUT2D eigenvalue weighted by Crippen LogP contribution is 2.26. The molecule has 0 fully saturated rings. The molecule has 88 valence electrons. The molecule has 0 saturated carbocycles. The van der Waals surface area contributed by atoms with E-state index in [0.29, 0.717) is 9.26 Å². The third-order valence-electron chi connectivity index (χ3n) is 2.07. The first kappa shape index (κ1) is 13.3. The molecule has 0 atom stereocenters. The molecule has 0 saturated heterocycles. The molecule has 0 radical (unpaired) electrons. The molecule has 0 amide bonds. The Bertz CT molecular complexity index is 410. The molecule has 0 aliphatic carbocycles. The summed E-state index contributed by atoms with van der Waals surface area (Å²) in [6.07, 6.45) is -2.86. The van der Waals surface area contributed by atoms with Crippen LogP contribution in [0.5, 0.6) is 0 Å². The van der Waals surface area contributed by atoms with Gasteiger partial charge in [0.2, 0.25) is 0 Å². The van der Waals surface area contributed by atoms with Crippen LogP contribution >= 0.6 is 22.6 Å². The predicted octanol–water partition coefficient (Wildman–Crippen LogP) is 2.65. The number of carbonyl (C=O) groups excluding carboxylic acids is 1. The van der Waals surface area contributed by atoms with Crippen molar-refractivity contribution in [3.05, 3.63) is 26.6 Å². The predicted molar refractivity (Wildman–Crippen MR) is 62.4 cm³/mol. The van der Waals surface area contributed by atoms with Crippen LogP contribution in [0, 0.1) is 10.6 Å². The molecule has 0 bridgehead atoms. The van der Waals surface area contributed by atoms with Gasteiger partial charge in [0.1, 0.15) is 3.70 Å². The van der Waals surface area contributed by atoms with Crippen LogP contribution in [0.25, 0.3) is 0 Å². The maximum atomic E-state index is 12.8. The molecule has 0 aromatic carbocycles. The fourth-order valence-corrected chi connectivity index (χ4v) is 2.11. The Balaban J connectivity index is 3.18. The maximum absolute atomic E-state index is 12.8. The van der Waals surface area contributed by atoms with Crippen LogP contribution in [-0.2, 0) is 16.0 Å². The lowest BCUT2D eigenvalue weighted by atomic mass is 10.1. The minimum atomic E-state index is -2.64. The number of nitrogens with zero attached hydrogens (tertiary/aromatic N) is 1. The molecule has 0 aliphatic rings. The maximum Gasteiger partial charge on any atom is 0.311 e. The van der Waals surface area contributed by atoms with Gasteiger partial charge in [0, 0.05) is 5.56 Å². The zero-order valence-electron chi connectivity index (χ0n) is 8.76. The van der Waals surface area contributed by atoms with Crippen molar-refractivity contribution in [2.24, 2.45) is 0 Å². The highest BCUT2D eigenvalue weighted by molar-refractivity contribution is 14.1. The van der Waals surface area contributed by atoms with Crippen molar-refractivity contribution >= 4 is 28.6 Å². The summed E-state index contributed by atoms with van der Waals surface area (Å²) < 4.78 is 30.6. The number of esters is 1. The molecular formula is C10H10F2INO2. The van der Waals surface area contributed by atoms with Gasteiger partial charge in [0.05, 0.1) is 19.2 Å². The Morgan fingerprint density at radius 3 is 2.75 bits per heavy atom. The molecule has 6 heteroatoms. The Hall–Kier alpha value is -0.790. The van der Waals surface area contributed by atoms with Crippen molar-refractivity contribution in [2.45, 2.75) is 19.8 Å². The first-order valence-corrected chi connectivity index (χ1v) is 5.54. The van der Waals surface area contributed by atoms with E-state index in [9.17, 15) is 13.6 Å². The van der Waals surface area contributed by atoms with Gasteiger partial charge in [0.25, 0.3) is 6.43 Å². The summed E-state index contributed by atoms with van der Waals surface area (Å²) in [5.74, 6) is -0.573. The standard InChI is InChI=1S/C10H10F2INO2/c1-5-3-7(13)14-6(4-8(15)16-2)9(5)10(11)12/h3,10H,4H2,1-2H3. The van der Waals surface area contributed by atoms with E-state index in [1.807, 2.05) is 22.6 Å². The van der Waals surface area contributed by atoms with Gasteiger partial charge < -0.3 is 4.74 Å². The number of carbonyl (C=O) groups is 1. The number of aromatic nitrogens is 1. The van der Waals surface area contributed by atoms with Crippen LogP contribution in [-0.4, -0.2) is 18.1 Å². The number of ether oxygens (including phenoxy) is 1. The summed E-state index contributed by atoms with van der Waals surface area (Å²) in [7, 11) is 1.21. The van der Waals surface area contributed by atoms with E-state index in [0.717, 1.165) is 0 Å². The van der Waals surface area contributed by atoms with Crippen LogP contribution in [0.2, 0.25) is 0 Å². The number of halogens is 3. The van der Waals surface area contributed by atoms with Gasteiger partial charge in [0.15, 0.2) is 0 Å². The number of methoxy groups -OCH3 is 1. The molecule has 1 rings (SSSR count). The number of rotatable bonds is 3. The Morgan fingerprint density at radius 1 is 1.62 bits per heavy atom. The normalized spacial score (nSPS) is 10.6. The van der Waals surface area contributed by atoms with E-state index in [2.05, 4.69) is 9.72 Å². The van der Waals surface area contributed by atoms with E-state index >= 15 is 0 Å². The minimum Gasteiger partial charge on any atom is -0.469 e. The smallest absolute Gasteiger partial charge is 0.311 e. The van der Waals surface area contributed by atoms with Crippen molar-refractivity contribution in [1.29, 1.82) is 0 Å². The first-order valence-electron chi connectivity index (χ1n) is 4.46. The van der Waals surface area contributed by atoms with Crippen LogP contribution < -0.4 is 0 Å². The van der Waals surface area contributed by atoms with Crippen molar-refractivity contribution in [1.82, 2.24) is 4.98 Å². The van der Waals surface area contributed by atoms with Gasteiger partial charge >= 0.3 is 5.97 Å². The third kappa shape index (κ3) is 3.10. The lowest BCUT2D eigenvalue weighted by Crippen LogP contribution is -2.11. The van der Waals surface area contributed by atoms with Gasteiger partial charge in [-0.25, -0.2) is 13.8 Å². The molecule has 0 spiro atoms. The lowest BCUT2D eigenvalue weighted by Gasteiger charge is -2.10. The second-order valence-electron chi connectivity index (χ2n) is 3.18. The van der Waals surface area contributed by atoms with E-state index in [4.69, 9.17) is 0 Å². The van der Waals surface area contributed by atoms with Gasteiger partial charge in [-0.05, 0) is 41.1 Å². The van der Waals surface area contributed by atoms with Crippen LogP contribution in [0.3, 0.4) is 0 Å². The summed E-state index contributed by atoms with van der Waals surface area (Å²) in [6, 6.07) is 1.56. The fourth-order valence-electron chi connectivity index (χ4n) is 1.35. The van der Waals surface area contributed by atoms with Gasteiger partial charge in [-0.3, -0.25) is 4.79 Å². The van der Waals surface area contributed by atoms with E-state index < -0.39 is 12.4 Å². The van der Waals surface area contributed by atoms with Gasteiger partial charge in [-0.2, -0.15) is 0 Å². The Morgan fingerprint density at radius 2 is 2.25 bits per heavy atom. The van der Waals surface area contributed by atoms with Crippen molar-refractivity contribution in [3.63, 3.8) is 0 Å². The monoisotopic (exact) mass is 341 g/mol. The highest BCUT2D eigenvalue weighted by atomic mass is 127. The largest absolute Gasteiger partial charge is 0.469 e. The van der Waals surface area contributed by atoms with E-state index in [-0.39, 0.29) is 17.7 Å². The number of aryl methyl sites for hydroxylation is 1. The first-order chi connectivity index (χ1) is 7.45. The average Bonchev–Trinajstić information content (AvgIpc) is 2.15. The fraction of sp³-hybridized carbons (Fsp3) is 0.400. The zero-order chi connectivity index (χ0) is 12.3. The summed E-state index contributed by atoms with van der Waals surface area (Å²) in [5.41, 5.74) is 0.352. The molecule has 0 unspecified atom stereocenters. The van der Waals surface area contributed by atoms with Crippen LogP contribution in [0.15, 0.2) is 6.07 Å². The van der Waals surface area contributed by atoms with Gasteiger partial charge in [-0.1, -0.05) is 0 Å².